The summed E-state index contributed by atoms with van der Waals surface area (Å²) in [7, 11) is 3.33. The van der Waals surface area contributed by atoms with E-state index in [4.69, 9.17) is 4.74 Å². The van der Waals surface area contributed by atoms with Crippen LogP contribution < -0.4 is 5.32 Å². The minimum absolute atomic E-state index is 0.170. The average molecular weight is 280 g/mol. The van der Waals surface area contributed by atoms with Gasteiger partial charge in [0.2, 0.25) is 0 Å². The second-order valence-electron chi connectivity index (χ2n) is 4.93. The molecule has 2 unspecified atom stereocenters. The summed E-state index contributed by atoms with van der Waals surface area (Å²) >= 11 is 0. The van der Waals surface area contributed by atoms with Crippen molar-refractivity contribution in [3.63, 3.8) is 0 Å². The number of carbonyl (C=O) groups excluding carboxylic acids is 1. The summed E-state index contributed by atoms with van der Waals surface area (Å²) in [5.41, 5.74) is 1.01. The Labute approximate surface area is 120 Å². The number of hydrogen-bond donors (Lipinski definition) is 2. The highest BCUT2D eigenvalue weighted by Crippen LogP contribution is 2.13. The van der Waals surface area contributed by atoms with E-state index in [0.717, 1.165) is 5.56 Å². The number of aliphatic hydroxyl groups excluding tert-OH is 1. The zero-order valence-electron chi connectivity index (χ0n) is 12.4. The molecule has 0 bridgehead atoms. The maximum atomic E-state index is 12.1. The van der Waals surface area contributed by atoms with Gasteiger partial charge < -0.3 is 20.1 Å². The molecule has 2 amide bonds. The molecule has 0 radical (unpaired) electrons. The van der Waals surface area contributed by atoms with Gasteiger partial charge in [0, 0.05) is 20.7 Å². The molecule has 0 heterocycles. The van der Waals surface area contributed by atoms with Crippen molar-refractivity contribution >= 4 is 6.03 Å². The third-order valence-electron chi connectivity index (χ3n) is 3.06. The Morgan fingerprint density at radius 1 is 1.40 bits per heavy atom. The lowest BCUT2D eigenvalue weighted by atomic mass is 10.1. The molecule has 20 heavy (non-hydrogen) atoms. The van der Waals surface area contributed by atoms with E-state index in [1.165, 1.54) is 0 Å². The number of urea groups is 1. The molecule has 112 valence electrons. The van der Waals surface area contributed by atoms with Crippen LogP contribution in [0.2, 0.25) is 0 Å². The van der Waals surface area contributed by atoms with Crippen LogP contribution >= 0.6 is 0 Å². The summed E-state index contributed by atoms with van der Waals surface area (Å²) in [6.45, 7) is 2.64. The van der Waals surface area contributed by atoms with Gasteiger partial charge in [-0.3, -0.25) is 0 Å². The molecule has 0 fully saturated rings. The molecule has 0 aliphatic carbocycles. The Kier molecular flexibility index (Phi) is 7.04. The first kappa shape index (κ1) is 16.5. The molecule has 0 aromatic heterocycles. The van der Waals surface area contributed by atoms with E-state index in [-0.39, 0.29) is 12.1 Å². The largest absolute Gasteiger partial charge is 0.393 e. The number of amides is 2. The second-order valence-corrected chi connectivity index (χ2v) is 4.93. The second kappa shape index (κ2) is 8.55. The summed E-state index contributed by atoms with van der Waals surface area (Å²) in [5, 5.41) is 12.2. The molecule has 0 aliphatic heterocycles. The average Bonchev–Trinajstić information content (AvgIpc) is 2.45. The van der Waals surface area contributed by atoms with E-state index < -0.39 is 6.10 Å². The number of rotatable bonds is 7. The smallest absolute Gasteiger partial charge is 0.317 e. The van der Waals surface area contributed by atoms with Crippen molar-refractivity contribution in [2.75, 3.05) is 27.3 Å². The number of aliphatic hydroxyl groups is 1. The van der Waals surface area contributed by atoms with Gasteiger partial charge in [-0.15, -0.1) is 0 Å². The third kappa shape index (κ3) is 5.59. The summed E-state index contributed by atoms with van der Waals surface area (Å²) in [6.07, 6.45) is 0.152. The molecule has 0 spiro atoms. The van der Waals surface area contributed by atoms with E-state index in [0.29, 0.717) is 19.6 Å². The highest BCUT2D eigenvalue weighted by Gasteiger charge is 2.17. The van der Waals surface area contributed by atoms with E-state index in [2.05, 4.69) is 5.32 Å². The van der Waals surface area contributed by atoms with Crippen LogP contribution in [0.5, 0.6) is 0 Å². The lowest BCUT2D eigenvalue weighted by Crippen LogP contribution is -2.41. The van der Waals surface area contributed by atoms with Crippen LogP contribution in [0, 0.1) is 0 Å². The summed E-state index contributed by atoms with van der Waals surface area (Å²) in [6, 6.07) is 9.37. The number of nitrogens with one attached hydrogen (secondary N) is 1. The van der Waals surface area contributed by atoms with Crippen molar-refractivity contribution in [3.8, 4) is 0 Å². The normalized spacial score (nSPS) is 13.6. The first-order valence-corrected chi connectivity index (χ1v) is 6.78. The van der Waals surface area contributed by atoms with Crippen molar-refractivity contribution in [1.29, 1.82) is 0 Å². The van der Waals surface area contributed by atoms with Gasteiger partial charge in [-0.1, -0.05) is 30.3 Å². The van der Waals surface area contributed by atoms with Crippen molar-refractivity contribution in [2.45, 2.75) is 25.5 Å². The molecule has 0 aliphatic rings. The Morgan fingerprint density at radius 2 is 2.05 bits per heavy atom. The highest BCUT2D eigenvalue weighted by molar-refractivity contribution is 5.74. The fraction of sp³-hybridized carbons (Fsp3) is 0.533. The maximum Gasteiger partial charge on any atom is 0.317 e. The van der Waals surface area contributed by atoms with Gasteiger partial charge in [0.1, 0.15) is 0 Å². The van der Waals surface area contributed by atoms with E-state index in [9.17, 15) is 9.90 Å². The monoisotopic (exact) mass is 280 g/mol. The van der Waals surface area contributed by atoms with Crippen LogP contribution in [0.15, 0.2) is 30.3 Å². The predicted molar refractivity (Wildman–Crippen MR) is 78.5 cm³/mol. The Morgan fingerprint density at radius 3 is 2.60 bits per heavy atom. The van der Waals surface area contributed by atoms with Gasteiger partial charge in [-0.2, -0.15) is 0 Å². The fourth-order valence-electron chi connectivity index (χ4n) is 1.81. The molecular formula is C15H24N2O3. The summed E-state index contributed by atoms with van der Waals surface area (Å²) in [5.74, 6) is 0. The Bertz CT molecular complexity index is 395. The number of benzene rings is 1. The molecular weight excluding hydrogens is 256 g/mol. The number of methoxy groups -OCH3 is 1. The number of hydrogen-bond acceptors (Lipinski definition) is 3. The van der Waals surface area contributed by atoms with Gasteiger partial charge >= 0.3 is 6.03 Å². The number of ether oxygens (including phenoxy) is 1. The van der Waals surface area contributed by atoms with Crippen LogP contribution in [0.4, 0.5) is 4.79 Å². The third-order valence-corrected chi connectivity index (χ3v) is 3.06. The molecule has 0 saturated heterocycles. The molecule has 1 aromatic rings. The zero-order chi connectivity index (χ0) is 15.0. The molecule has 1 aromatic carbocycles. The topological polar surface area (TPSA) is 61.8 Å². The van der Waals surface area contributed by atoms with Crippen LogP contribution in [0.25, 0.3) is 0 Å². The summed E-state index contributed by atoms with van der Waals surface area (Å²) in [4.78, 5) is 13.7. The zero-order valence-corrected chi connectivity index (χ0v) is 12.4. The van der Waals surface area contributed by atoms with E-state index in [1.807, 2.05) is 30.3 Å². The fourth-order valence-corrected chi connectivity index (χ4v) is 1.81. The molecule has 2 atom stereocenters. The Hall–Kier alpha value is -1.59. The molecule has 2 N–H and O–H groups in total. The quantitative estimate of drug-likeness (QED) is 0.800. The number of nitrogens with zero attached hydrogens (tertiary/aromatic N) is 1. The summed E-state index contributed by atoms with van der Waals surface area (Å²) < 4.78 is 5.16. The minimum Gasteiger partial charge on any atom is -0.393 e. The van der Waals surface area contributed by atoms with E-state index in [1.54, 1.807) is 26.0 Å². The number of carbonyl (C=O) groups is 1. The first-order chi connectivity index (χ1) is 9.54. The molecule has 1 rings (SSSR count). The minimum atomic E-state index is -0.408. The van der Waals surface area contributed by atoms with Gasteiger partial charge in [-0.25, -0.2) is 4.79 Å². The van der Waals surface area contributed by atoms with Crippen molar-refractivity contribution in [2.24, 2.45) is 0 Å². The standard InChI is InChI=1S/C15H24N2O3/c1-12(18)9-10-17(2)15(19)16-14(11-20-3)13-7-5-4-6-8-13/h4-8,12,14,18H,9-11H2,1-3H3,(H,16,19). The van der Waals surface area contributed by atoms with Crippen LogP contribution in [-0.4, -0.2) is 49.5 Å². The molecule has 5 heteroatoms. The van der Waals surface area contributed by atoms with Crippen LogP contribution in [-0.2, 0) is 4.74 Å². The SMILES string of the molecule is COCC(NC(=O)N(C)CCC(C)O)c1ccccc1. The van der Waals surface area contributed by atoms with Crippen molar-refractivity contribution < 1.29 is 14.6 Å². The lowest BCUT2D eigenvalue weighted by molar-refractivity contribution is 0.149. The Balaban J connectivity index is 2.59. The van der Waals surface area contributed by atoms with Gasteiger partial charge in [0.25, 0.3) is 0 Å². The van der Waals surface area contributed by atoms with Gasteiger partial charge in [-0.05, 0) is 18.9 Å². The van der Waals surface area contributed by atoms with Gasteiger partial charge in [0.05, 0.1) is 18.8 Å². The maximum absolute atomic E-state index is 12.1. The van der Waals surface area contributed by atoms with Gasteiger partial charge in [0.15, 0.2) is 0 Å². The molecule has 5 nitrogen and oxygen atoms in total. The molecule has 0 saturated carbocycles. The first-order valence-electron chi connectivity index (χ1n) is 6.78. The van der Waals surface area contributed by atoms with Crippen LogP contribution in [0.1, 0.15) is 24.9 Å². The lowest BCUT2D eigenvalue weighted by Gasteiger charge is -2.24. The predicted octanol–water partition coefficient (Wildman–Crippen LogP) is 1.79. The van der Waals surface area contributed by atoms with E-state index >= 15 is 0 Å². The van der Waals surface area contributed by atoms with Crippen molar-refractivity contribution in [3.05, 3.63) is 35.9 Å². The van der Waals surface area contributed by atoms with Crippen LogP contribution in [0.3, 0.4) is 0 Å². The highest BCUT2D eigenvalue weighted by atomic mass is 16.5. The van der Waals surface area contributed by atoms with Crippen molar-refractivity contribution in [1.82, 2.24) is 10.2 Å².